The van der Waals surface area contributed by atoms with Gasteiger partial charge < -0.3 is 14.7 Å². The van der Waals surface area contributed by atoms with Crippen LogP contribution >= 0.6 is 0 Å². The number of para-hydroxylation sites is 1. The molecule has 126 valence electrons. The highest BCUT2D eigenvalue weighted by Crippen LogP contribution is 2.36. The highest BCUT2D eigenvalue weighted by molar-refractivity contribution is 5.80. The Morgan fingerprint density at radius 2 is 2.00 bits per heavy atom. The van der Waals surface area contributed by atoms with Gasteiger partial charge in [0.2, 0.25) is 0 Å². The lowest BCUT2D eigenvalue weighted by Gasteiger charge is -2.23. The first-order valence-electron chi connectivity index (χ1n) is 7.03. The molecule has 0 spiro atoms. The van der Waals surface area contributed by atoms with E-state index in [1.165, 1.54) is 17.0 Å². The number of amides is 1. The second-order valence-electron chi connectivity index (χ2n) is 5.34. The Labute approximate surface area is 130 Å². The maximum absolute atomic E-state index is 12.8. The van der Waals surface area contributed by atoms with Crippen molar-refractivity contribution in [2.45, 2.75) is 25.6 Å². The lowest BCUT2D eigenvalue weighted by Crippen LogP contribution is -2.40. The quantitative estimate of drug-likeness (QED) is 0.920. The van der Waals surface area contributed by atoms with Gasteiger partial charge in [0.1, 0.15) is 5.75 Å². The van der Waals surface area contributed by atoms with Gasteiger partial charge in [-0.05, 0) is 25.5 Å². The minimum Gasteiger partial charge on any atom is -0.483 e. The summed E-state index contributed by atoms with van der Waals surface area (Å²) in [6.45, 7) is 1.29. The summed E-state index contributed by atoms with van der Waals surface area (Å²) in [5.74, 6) is -2.61. The number of benzene rings is 1. The van der Waals surface area contributed by atoms with E-state index >= 15 is 0 Å². The van der Waals surface area contributed by atoms with Crippen LogP contribution in [0.5, 0.6) is 5.75 Å². The molecule has 0 aromatic heterocycles. The predicted octanol–water partition coefficient (Wildman–Crippen LogP) is 2.41. The van der Waals surface area contributed by atoms with Gasteiger partial charge in [0.05, 0.1) is 11.5 Å². The third-order valence-corrected chi connectivity index (χ3v) is 3.94. The van der Waals surface area contributed by atoms with E-state index in [2.05, 4.69) is 0 Å². The van der Waals surface area contributed by atoms with Crippen LogP contribution in [-0.2, 0) is 15.8 Å². The number of carbonyl (C=O) groups is 2. The number of hydrogen-bond acceptors (Lipinski definition) is 3. The predicted molar refractivity (Wildman–Crippen MR) is 73.9 cm³/mol. The van der Waals surface area contributed by atoms with E-state index in [4.69, 9.17) is 9.84 Å². The topological polar surface area (TPSA) is 66.8 Å². The molecule has 1 fully saturated rings. The van der Waals surface area contributed by atoms with Gasteiger partial charge in [-0.3, -0.25) is 9.59 Å². The molecule has 1 aliphatic heterocycles. The van der Waals surface area contributed by atoms with E-state index in [1.807, 2.05) is 0 Å². The number of alkyl halides is 3. The molecule has 2 rings (SSSR count). The van der Waals surface area contributed by atoms with Crippen LogP contribution in [0.1, 0.15) is 18.9 Å². The van der Waals surface area contributed by atoms with Crippen LogP contribution in [0, 0.1) is 5.92 Å². The number of aliphatic carboxylic acids is 1. The van der Waals surface area contributed by atoms with Gasteiger partial charge in [-0.2, -0.15) is 13.2 Å². The molecule has 1 amide bonds. The van der Waals surface area contributed by atoms with Gasteiger partial charge in [-0.25, -0.2) is 0 Å². The SMILES string of the molecule is CC1C(C(=O)O)CCN1C(=O)COc1ccccc1C(F)(F)F. The van der Waals surface area contributed by atoms with Crippen LogP contribution in [0.4, 0.5) is 13.2 Å². The average Bonchev–Trinajstić information content (AvgIpc) is 2.86. The number of likely N-dealkylation sites (tertiary alicyclic amines) is 1. The normalized spacial score (nSPS) is 21.3. The lowest BCUT2D eigenvalue weighted by molar-refractivity contribution is -0.144. The Morgan fingerprint density at radius 1 is 1.35 bits per heavy atom. The smallest absolute Gasteiger partial charge is 0.419 e. The second-order valence-corrected chi connectivity index (χ2v) is 5.34. The Kier molecular flexibility index (Phi) is 4.82. The summed E-state index contributed by atoms with van der Waals surface area (Å²) in [4.78, 5) is 24.4. The number of nitrogens with zero attached hydrogens (tertiary/aromatic N) is 1. The van der Waals surface area contributed by atoms with Crippen molar-refractivity contribution >= 4 is 11.9 Å². The number of carboxylic acids is 1. The molecule has 1 saturated heterocycles. The van der Waals surface area contributed by atoms with Crippen molar-refractivity contribution in [3.63, 3.8) is 0 Å². The van der Waals surface area contributed by atoms with Crippen molar-refractivity contribution in [2.24, 2.45) is 5.92 Å². The highest BCUT2D eigenvalue weighted by Gasteiger charge is 2.38. The third kappa shape index (κ3) is 3.75. The van der Waals surface area contributed by atoms with Gasteiger partial charge in [-0.15, -0.1) is 0 Å². The van der Waals surface area contributed by atoms with E-state index in [0.717, 1.165) is 12.1 Å². The monoisotopic (exact) mass is 331 g/mol. The zero-order valence-electron chi connectivity index (χ0n) is 12.3. The van der Waals surface area contributed by atoms with Crippen molar-refractivity contribution in [1.29, 1.82) is 0 Å². The molecule has 0 saturated carbocycles. The molecule has 0 radical (unpaired) electrons. The van der Waals surface area contributed by atoms with E-state index < -0.39 is 47.9 Å². The fraction of sp³-hybridized carbons (Fsp3) is 0.467. The van der Waals surface area contributed by atoms with E-state index in [-0.39, 0.29) is 6.54 Å². The van der Waals surface area contributed by atoms with Crippen LogP contribution in [0.3, 0.4) is 0 Å². The maximum Gasteiger partial charge on any atom is 0.419 e. The third-order valence-electron chi connectivity index (χ3n) is 3.94. The Morgan fingerprint density at radius 3 is 2.57 bits per heavy atom. The maximum atomic E-state index is 12.8. The minimum absolute atomic E-state index is 0.251. The number of hydrogen-bond donors (Lipinski definition) is 1. The van der Waals surface area contributed by atoms with Crippen LogP contribution in [0.2, 0.25) is 0 Å². The summed E-state index contributed by atoms with van der Waals surface area (Å²) in [5.41, 5.74) is -0.953. The zero-order chi connectivity index (χ0) is 17.2. The van der Waals surface area contributed by atoms with E-state index in [9.17, 15) is 22.8 Å². The molecular formula is C15H16F3NO4. The van der Waals surface area contributed by atoms with Crippen LogP contribution in [0.25, 0.3) is 0 Å². The Bertz CT molecular complexity index is 603. The summed E-state index contributed by atoms with van der Waals surface area (Å²) in [6.07, 6.45) is -4.25. The van der Waals surface area contributed by atoms with Crippen LogP contribution < -0.4 is 4.74 Å². The van der Waals surface area contributed by atoms with Gasteiger partial charge in [0.15, 0.2) is 6.61 Å². The van der Waals surface area contributed by atoms with E-state index in [1.54, 1.807) is 6.92 Å². The number of ether oxygens (including phenoxy) is 1. The van der Waals surface area contributed by atoms with Crippen molar-refractivity contribution < 1.29 is 32.6 Å². The number of carbonyl (C=O) groups excluding carboxylic acids is 1. The first-order valence-corrected chi connectivity index (χ1v) is 7.03. The zero-order valence-corrected chi connectivity index (χ0v) is 12.3. The number of rotatable bonds is 4. The average molecular weight is 331 g/mol. The Hall–Kier alpha value is -2.25. The Balaban J connectivity index is 2.02. The van der Waals surface area contributed by atoms with Crippen LogP contribution in [-0.4, -0.2) is 41.1 Å². The highest BCUT2D eigenvalue weighted by atomic mass is 19.4. The minimum atomic E-state index is -4.57. The first kappa shape index (κ1) is 17.1. The molecule has 1 aliphatic rings. The van der Waals surface area contributed by atoms with Crippen molar-refractivity contribution in [3.8, 4) is 5.75 Å². The molecule has 8 heteroatoms. The van der Waals surface area contributed by atoms with Crippen LogP contribution in [0.15, 0.2) is 24.3 Å². The van der Waals surface area contributed by atoms with E-state index in [0.29, 0.717) is 6.42 Å². The van der Waals surface area contributed by atoms with Crippen molar-refractivity contribution in [1.82, 2.24) is 4.90 Å². The largest absolute Gasteiger partial charge is 0.483 e. The number of carboxylic acid groups (broad SMARTS) is 1. The molecule has 2 unspecified atom stereocenters. The molecule has 0 bridgehead atoms. The van der Waals surface area contributed by atoms with Gasteiger partial charge in [0.25, 0.3) is 5.91 Å². The molecule has 0 aliphatic carbocycles. The molecular weight excluding hydrogens is 315 g/mol. The van der Waals surface area contributed by atoms with Gasteiger partial charge in [0, 0.05) is 12.6 Å². The summed E-state index contributed by atoms with van der Waals surface area (Å²) in [7, 11) is 0. The number of halogens is 3. The summed E-state index contributed by atoms with van der Waals surface area (Å²) >= 11 is 0. The van der Waals surface area contributed by atoms with Gasteiger partial charge >= 0.3 is 12.1 Å². The van der Waals surface area contributed by atoms with Crippen molar-refractivity contribution in [2.75, 3.05) is 13.2 Å². The summed E-state index contributed by atoms with van der Waals surface area (Å²) in [6, 6.07) is 4.12. The van der Waals surface area contributed by atoms with Crippen molar-refractivity contribution in [3.05, 3.63) is 29.8 Å². The standard InChI is InChI=1S/C15H16F3NO4/c1-9-10(14(21)22)6-7-19(9)13(20)8-23-12-5-3-2-4-11(12)15(16,17)18/h2-5,9-10H,6-8H2,1H3,(H,21,22). The summed E-state index contributed by atoms with van der Waals surface area (Å²) < 4.78 is 43.5. The summed E-state index contributed by atoms with van der Waals surface area (Å²) in [5, 5.41) is 9.02. The molecule has 5 nitrogen and oxygen atoms in total. The molecule has 1 aromatic rings. The first-order chi connectivity index (χ1) is 10.7. The molecule has 1 aromatic carbocycles. The molecule has 1 heterocycles. The fourth-order valence-electron chi connectivity index (χ4n) is 2.67. The lowest BCUT2D eigenvalue weighted by atomic mass is 10.0. The van der Waals surface area contributed by atoms with Gasteiger partial charge in [-0.1, -0.05) is 12.1 Å². The fourth-order valence-corrected chi connectivity index (χ4v) is 2.67. The molecule has 23 heavy (non-hydrogen) atoms. The molecule has 2 atom stereocenters. The second kappa shape index (κ2) is 6.47. The molecule has 1 N–H and O–H groups in total.